The molecule has 26 heavy (non-hydrogen) atoms. The molecule has 0 amide bonds. The van der Waals surface area contributed by atoms with Crippen LogP contribution in [-0.4, -0.2) is 22.6 Å². The molecule has 0 aliphatic heterocycles. The second-order valence-corrected chi connectivity index (χ2v) is 6.92. The average Bonchev–Trinajstić information content (AvgIpc) is 2.54. The van der Waals surface area contributed by atoms with E-state index in [1.165, 1.54) is 21.1 Å². The standard InChI is InChI=1S/C16H15F4NO4S/c1-9-4-5-10(6-11(9)16(18,19)20)21-26(22,23)15-8-14(25-3)13(24-2)7-12(15)17/h4-8,21H,1-3H3. The normalized spacial score (nSPS) is 12.0. The summed E-state index contributed by atoms with van der Waals surface area (Å²) >= 11 is 0. The third-order valence-corrected chi connectivity index (χ3v) is 4.92. The van der Waals surface area contributed by atoms with Gasteiger partial charge in [0.15, 0.2) is 11.5 Å². The van der Waals surface area contributed by atoms with Gasteiger partial charge in [-0.25, -0.2) is 12.8 Å². The van der Waals surface area contributed by atoms with E-state index in [1.54, 1.807) is 0 Å². The molecule has 0 radical (unpaired) electrons. The summed E-state index contributed by atoms with van der Waals surface area (Å²) in [5.74, 6) is -1.22. The summed E-state index contributed by atoms with van der Waals surface area (Å²) in [4.78, 5) is -0.788. The minimum Gasteiger partial charge on any atom is -0.493 e. The minimum absolute atomic E-state index is 0.0290. The Balaban J connectivity index is 2.47. The van der Waals surface area contributed by atoms with Crippen molar-refractivity contribution in [1.29, 1.82) is 0 Å². The summed E-state index contributed by atoms with van der Waals surface area (Å²) in [6, 6.07) is 4.61. The number of sulfonamides is 1. The Morgan fingerprint density at radius 1 is 1.00 bits per heavy atom. The zero-order valence-corrected chi connectivity index (χ0v) is 14.8. The molecule has 142 valence electrons. The number of aryl methyl sites for hydroxylation is 1. The van der Waals surface area contributed by atoms with E-state index in [4.69, 9.17) is 9.47 Å². The molecule has 2 aromatic carbocycles. The number of hydrogen-bond donors (Lipinski definition) is 1. The second kappa shape index (κ2) is 7.02. The first-order valence-corrected chi connectivity index (χ1v) is 8.60. The van der Waals surface area contributed by atoms with E-state index in [0.717, 1.165) is 24.3 Å². The van der Waals surface area contributed by atoms with Crippen LogP contribution in [0.2, 0.25) is 0 Å². The highest BCUT2D eigenvalue weighted by atomic mass is 32.2. The van der Waals surface area contributed by atoms with E-state index in [0.29, 0.717) is 6.07 Å². The predicted octanol–water partition coefficient (Wildman–Crippen LogP) is 3.97. The van der Waals surface area contributed by atoms with Crippen LogP contribution in [0.25, 0.3) is 0 Å². The summed E-state index contributed by atoms with van der Waals surface area (Å²) in [5.41, 5.74) is -1.42. The summed E-state index contributed by atoms with van der Waals surface area (Å²) in [6.07, 6.45) is -4.65. The first-order valence-electron chi connectivity index (χ1n) is 7.11. The average molecular weight is 393 g/mol. The first kappa shape index (κ1) is 19.8. The lowest BCUT2D eigenvalue weighted by molar-refractivity contribution is -0.138. The molecule has 0 unspecified atom stereocenters. The van der Waals surface area contributed by atoms with Crippen molar-refractivity contribution in [3.05, 3.63) is 47.3 Å². The van der Waals surface area contributed by atoms with Gasteiger partial charge in [-0.2, -0.15) is 13.2 Å². The molecule has 0 aromatic heterocycles. The van der Waals surface area contributed by atoms with E-state index in [9.17, 15) is 26.0 Å². The van der Waals surface area contributed by atoms with Gasteiger partial charge in [-0.05, 0) is 24.6 Å². The molecule has 0 spiro atoms. The Morgan fingerprint density at radius 3 is 2.12 bits per heavy atom. The van der Waals surface area contributed by atoms with Crippen LogP contribution in [0.5, 0.6) is 11.5 Å². The summed E-state index contributed by atoms with van der Waals surface area (Å²) in [5, 5.41) is 0. The van der Waals surface area contributed by atoms with Crippen LogP contribution in [0.3, 0.4) is 0 Å². The molecule has 2 rings (SSSR count). The SMILES string of the molecule is COc1cc(F)c(S(=O)(=O)Nc2ccc(C)c(C(F)(F)F)c2)cc1OC. The fourth-order valence-corrected chi connectivity index (χ4v) is 3.37. The van der Waals surface area contributed by atoms with Gasteiger partial charge in [-0.15, -0.1) is 0 Å². The number of nitrogens with one attached hydrogen (secondary N) is 1. The zero-order chi connectivity index (χ0) is 19.7. The molecule has 0 aliphatic carbocycles. The molecule has 0 saturated carbocycles. The second-order valence-electron chi connectivity index (χ2n) is 5.27. The molecule has 10 heteroatoms. The van der Waals surface area contributed by atoms with Gasteiger partial charge in [0, 0.05) is 17.8 Å². The molecule has 0 heterocycles. The van der Waals surface area contributed by atoms with Crippen molar-refractivity contribution >= 4 is 15.7 Å². The Morgan fingerprint density at radius 2 is 1.58 bits per heavy atom. The number of methoxy groups -OCH3 is 2. The molecule has 0 aliphatic rings. The number of anilines is 1. The first-order chi connectivity index (χ1) is 12.0. The number of benzene rings is 2. The van der Waals surface area contributed by atoms with Crippen LogP contribution >= 0.6 is 0 Å². The van der Waals surface area contributed by atoms with Gasteiger partial charge in [0.1, 0.15) is 10.7 Å². The molecule has 5 nitrogen and oxygen atoms in total. The third kappa shape index (κ3) is 4.01. The summed E-state index contributed by atoms with van der Waals surface area (Å²) < 4.78 is 89.6. The largest absolute Gasteiger partial charge is 0.493 e. The number of rotatable bonds is 5. The minimum atomic E-state index is -4.65. The third-order valence-electron chi connectivity index (χ3n) is 3.52. The highest BCUT2D eigenvalue weighted by Crippen LogP contribution is 2.35. The molecule has 1 N–H and O–H groups in total. The lowest BCUT2D eigenvalue weighted by Crippen LogP contribution is -2.16. The van der Waals surface area contributed by atoms with Gasteiger partial charge in [-0.3, -0.25) is 4.72 Å². The van der Waals surface area contributed by atoms with Crippen LogP contribution in [0.15, 0.2) is 35.2 Å². The number of halogens is 4. The lowest BCUT2D eigenvalue weighted by Gasteiger charge is -2.15. The van der Waals surface area contributed by atoms with Crippen molar-refractivity contribution in [2.24, 2.45) is 0 Å². The van der Waals surface area contributed by atoms with Crippen LogP contribution < -0.4 is 14.2 Å². The van der Waals surface area contributed by atoms with Crippen molar-refractivity contribution in [2.75, 3.05) is 18.9 Å². The highest BCUT2D eigenvalue weighted by Gasteiger charge is 2.33. The van der Waals surface area contributed by atoms with Crippen molar-refractivity contribution in [1.82, 2.24) is 0 Å². The van der Waals surface area contributed by atoms with Crippen molar-refractivity contribution < 1.29 is 35.5 Å². The zero-order valence-electron chi connectivity index (χ0n) is 13.9. The fraction of sp³-hybridized carbons (Fsp3) is 0.250. The van der Waals surface area contributed by atoms with Crippen LogP contribution in [0, 0.1) is 12.7 Å². The maximum Gasteiger partial charge on any atom is 0.416 e. The lowest BCUT2D eigenvalue weighted by atomic mass is 10.1. The van der Waals surface area contributed by atoms with Crippen molar-refractivity contribution in [2.45, 2.75) is 18.0 Å². The molecule has 0 fully saturated rings. The number of hydrogen-bond acceptors (Lipinski definition) is 4. The Bertz CT molecular complexity index is 927. The molecule has 2 aromatic rings. The summed E-state index contributed by atoms with van der Waals surface area (Å²) in [6.45, 7) is 1.25. The van der Waals surface area contributed by atoms with E-state index in [1.807, 2.05) is 4.72 Å². The summed E-state index contributed by atoms with van der Waals surface area (Å²) in [7, 11) is -2.03. The molecular formula is C16H15F4NO4S. The predicted molar refractivity (Wildman–Crippen MR) is 86.5 cm³/mol. The van der Waals surface area contributed by atoms with E-state index < -0.39 is 32.5 Å². The van der Waals surface area contributed by atoms with Gasteiger partial charge in [0.05, 0.1) is 19.8 Å². The van der Waals surface area contributed by atoms with Crippen LogP contribution in [0.1, 0.15) is 11.1 Å². The topological polar surface area (TPSA) is 64.6 Å². The van der Waals surface area contributed by atoms with E-state index in [-0.39, 0.29) is 22.7 Å². The molecule has 0 atom stereocenters. The van der Waals surface area contributed by atoms with Crippen LogP contribution in [-0.2, 0) is 16.2 Å². The van der Waals surface area contributed by atoms with Gasteiger partial charge >= 0.3 is 6.18 Å². The van der Waals surface area contributed by atoms with Gasteiger partial charge in [0.25, 0.3) is 10.0 Å². The van der Waals surface area contributed by atoms with Crippen LogP contribution in [0.4, 0.5) is 23.2 Å². The Labute approximate surface area is 147 Å². The van der Waals surface area contributed by atoms with Gasteiger partial charge in [0.2, 0.25) is 0 Å². The van der Waals surface area contributed by atoms with E-state index in [2.05, 4.69) is 0 Å². The monoisotopic (exact) mass is 393 g/mol. The molecule has 0 bridgehead atoms. The van der Waals surface area contributed by atoms with Gasteiger partial charge < -0.3 is 9.47 Å². The Kier molecular flexibility index (Phi) is 5.36. The van der Waals surface area contributed by atoms with E-state index >= 15 is 0 Å². The number of alkyl halides is 3. The Hall–Kier alpha value is -2.49. The fourth-order valence-electron chi connectivity index (χ4n) is 2.24. The maximum atomic E-state index is 14.1. The van der Waals surface area contributed by atoms with Gasteiger partial charge in [-0.1, -0.05) is 6.07 Å². The maximum absolute atomic E-state index is 14.1. The highest BCUT2D eigenvalue weighted by molar-refractivity contribution is 7.92. The molecule has 0 saturated heterocycles. The quantitative estimate of drug-likeness (QED) is 0.781. The van der Waals surface area contributed by atoms with Crippen molar-refractivity contribution in [3.63, 3.8) is 0 Å². The molecular weight excluding hydrogens is 378 g/mol. The number of ether oxygens (including phenoxy) is 2. The smallest absolute Gasteiger partial charge is 0.416 e. The van der Waals surface area contributed by atoms with Crippen molar-refractivity contribution in [3.8, 4) is 11.5 Å².